The predicted molar refractivity (Wildman–Crippen MR) is 94.2 cm³/mol. The zero-order chi connectivity index (χ0) is 19.7. The van der Waals surface area contributed by atoms with Gasteiger partial charge in [-0.3, -0.25) is 9.36 Å². The molecule has 1 amide bonds. The third-order valence-corrected chi connectivity index (χ3v) is 5.75. The summed E-state index contributed by atoms with van der Waals surface area (Å²) < 4.78 is 39.6. The van der Waals surface area contributed by atoms with Gasteiger partial charge in [0, 0.05) is 43.2 Å². The van der Waals surface area contributed by atoms with Crippen molar-refractivity contribution >= 4 is 23.5 Å². The Morgan fingerprint density at radius 3 is 2.61 bits per heavy atom. The topological polar surface area (TPSA) is 66.3 Å². The maximum absolute atomic E-state index is 12.6. The molecule has 2 saturated heterocycles. The van der Waals surface area contributed by atoms with Crippen LogP contribution in [0.3, 0.4) is 0 Å². The lowest BCUT2D eigenvalue weighted by Crippen LogP contribution is -2.74. The van der Waals surface area contributed by atoms with Crippen molar-refractivity contribution in [1.29, 1.82) is 0 Å². The Bertz CT molecular complexity index is 960. The van der Waals surface area contributed by atoms with Crippen molar-refractivity contribution in [3.05, 3.63) is 34.6 Å². The van der Waals surface area contributed by atoms with Gasteiger partial charge in [-0.1, -0.05) is 11.6 Å². The normalized spacial score (nSPS) is 20.1. The number of rotatable bonds is 1. The maximum atomic E-state index is 12.6. The molecule has 2 aromatic rings. The minimum atomic E-state index is -4.81. The van der Waals surface area contributed by atoms with Crippen LogP contribution in [-0.2, 0) is 17.9 Å². The van der Waals surface area contributed by atoms with Gasteiger partial charge in [0.05, 0.1) is 12.2 Å². The minimum Gasteiger partial charge on any atom is -0.339 e. The molecule has 0 saturated carbocycles. The van der Waals surface area contributed by atoms with Crippen molar-refractivity contribution in [2.75, 3.05) is 31.1 Å². The molecule has 28 heavy (non-hydrogen) atoms. The highest BCUT2D eigenvalue weighted by Gasteiger charge is 2.58. The smallest absolute Gasteiger partial charge is 0.339 e. The molecule has 11 heteroatoms. The molecule has 148 valence electrons. The van der Waals surface area contributed by atoms with Gasteiger partial charge in [0.25, 0.3) is 0 Å². The molecule has 4 heterocycles. The number of hydrogen-bond acceptors (Lipinski definition) is 5. The monoisotopic (exact) mass is 412 g/mol. The highest BCUT2D eigenvalue weighted by molar-refractivity contribution is 6.30. The van der Waals surface area contributed by atoms with Crippen LogP contribution in [-0.4, -0.2) is 57.9 Å². The van der Waals surface area contributed by atoms with E-state index in [1.165, 1.54) is 0 Å². The summed E-state index contributed by atoms with van der Waals surface area (Å²) >= 11 is 6.12. The zero-order valence-electron chi connectivity index (χ0n) is 14.6. The number of carbonyl (C=O) groups is 1. The van der Waals surface area contributed by atoms with Gasteiger partial charge < -0.3 is 15.1 Å². The molecule has 0 unspecified atom stereocenters. The lowest BCUT2D eigenvalue weighted by Gasteiger charge is -2.60. The summed E-state index contributed by atoms with van der Waals surface area (Å²) in [6.45, 7) is 2.53. The fourth-order valence-electron chi connectivity index (χ4n) is 4.29. The summed E-state index contributed by atoms with van der Waals surface area (Å²) in [5.74, 6) is -0.335. The second-order valence-electron chi connectivity index (χ2n) is 7.64. The third-order valence-electron chi connectivity index (χ3n) is 5.51. The Morgan fingerprint density at radius 2 is 1.89 bits per heavy atom. The first kappa shape index (κ1) is 17.7. The fraction of sp³-hybridized carbons (Fsp3) is 0.471. The van der Waals surface area contributed by atoms with Crippen molar-refractivity contribution < 1.29 is 18.0 Å². The average Bonchev–Trinajstić information content (AvgIpc) is 2.86. The van der Waals surface area contributed by atoms with E-state index in [2.05, 4.69) is 15.5 Å². The molecule has 3 aliphatic rings. The fourth-order valence-corrected chi connectivity index (χ4v) is 4.48. The molecular formula is C17H16ClF3N6O. The van der Waals surface area contributed by atoms with Gasteiger partial charge >= 0.3 is 12.1 Å². The SMILES string of the molecule is O=C(N1CC2(C1)CN(c1nnc3n1-c1ccc(Cl)cc1CNC3)C2)C(F)(F)F. The first-order chi connectivity index (χ1) is 13.3. The summed E-state index contributed by atoms with van der Waals surface area (Å²) in [7, 11) is 0. The Morgan fingerprint density at radius 1 is 1.14 bits per heavy atom. The number of nitrogens with one attached hydrogen (secondary N) is 1. The van der Waals surface area contributed by atoms with Crippen LogP contribution in [0.25, 0.3) is 5.69 Å². The van der Waals surface area contributed by atoms with E-state index < -0.39 is 12.1 Å². The van der Waals surface area contributed by atoms with E-state index in [0.717, 1.165) is 22.0 Å². The molecule has 1 N–H and O–H groups in total. The number of fused-ring (bicyclic) bond motifs is 3. The molecule has 3 aliphatic heterocycles. The van der Waals surface area contributed by atoms with Crippen LogP contribution in [0, 0.1) is 5.41 Å². The predicted octanol–water partition coefficient (Wildman–Crippen LogP) is 1.73. The number of halogens is 4. The zero-order valence-corrected chi connectivity index (χ0v) is 15.4. The maximum Gasteiger partial charge on any atom is 0.471 e. The second-order valence-corrected chi connectivity index (χ2v) is 8.08. The molecule has 0 radical (unpaired) electrons. The molecule has 5 rings (SSSR count). The molecule has 2 fully saturated rings. The molecule has 1 aromatic carbocycles. The number of anilines is 1. The van der Waals surface area contributed by atoms with E-state index in [-0.39, 0.29) is 18.5 Å². The molecule has 0 atom stereocenters. The van der Waals surface area contributed by atoms with Gasteiger partial charge in [0.1, 0.15) is 0 Å². The van der Waals surface area contributed by atoms with E-state index in [4.69, 9.17) is 11.6 Å². The van der Waals surface area contributed by atoms with E-state index in [9.17, 15) is 18.0 Å². The lowest BCUT2D eigenvalue weighted by atomic mass is 9.73. The number of amides is 1. The standard InChI is InChI=1S/C17H16ClF3N6O/c18-11-1-2-12-10(3-11)4-22-5-13-23-24-15(27(12)13)26-8-16(9-26)6-25(7-16)14(28)17(19,20)21/h1-3,22H,4-9H2. The second kappa shape index (κ2) is 5.84. The number of hydrogen-bond donors (Lipinski definition) is 1. The first-order valence-corrected chi connectivity index (χ1v) is 9.18. The van der Waals surface area contributed by atoms with Crippen molar-refractivity contribution in [3.8, 4) is 5.69 Å². The van der Waals surface area contributed by atoms with Crippen molar-refractivity contribution in [1.82, 2.24) is 25.0 Å². The third kappa shape index (κ3) is 2.66. The number of nitrogens with zero attached hydrogens (tertiary/aromatic N) is 5. The Kier molecular flexibility index (Phi) is 3.70. The molecule has 0 bridgehead atoms. The Labute approximate surface area is 163 Å². The van der Waals surface area contributed by atoms with Crippen LogP contribution < -0.4 is 10.2 Å². The average molecular weight is 413 g/mol. The van der Waals surface area contributed by atoms with Crippen LogP contribution in [0.5, 0.6) is 0 Å². The molecular weight excluding hydrogens is 397 g/mol. The largest absolute Gasteiger partial charge is 0.471 e. The highest BCUT2D eigenvalue weighted by atomic mass is 35.5. The molecule has 1 spiro atoms. The number of aromatic nitrogens is 3. The van der Waals surface area contributed by atoms with Crippen molar-refractivity contribution in [3.63, 3.8) is 0 Å². The van der Waals surface area contributed by atoms with E-state index >= 15 is 0 Å². The summed E-state index contributed by atoms with van der Waals surface area (Å²) in [5.41, 5.74) is 1.67. The van der Waals surface area contributed by atoms with Crippen molar-refractivity contribution in [2.45, 2.75) is 19.3 Å². The number of alkyl halides is 3. The van der Waals surface area contributed by atoms with Crippen LogP contribution in [0.4, 0.5) is 19.1 Å². The quantitative estimate of drug-likeness (QED) is 0.773. The van der Waals surface area contributed by atoms with Crippen LogP contribution >= 0.6 is 11.6 Å². The molecule has 0 aliphatic carbocycles. The minimum absolute atomic E-state index is 0.122. The van der Waals surface area contributed by atoms with Gasteiger partial charge in [-0.25, -0.2) is 0 Å². The Balaban J connectivity index is 1.36. The van der Waals surface area contributed by atoms with E-state index in [0.29, 0.717) is 37.1 Å². The lowest BCUT2D eigenvalue weighted by molar-refractivity contribution is -0.197. The van der Waals surface area contributed by atoms with Gasteiger partial charge in [0.15, 0.2) is 5.82 Å². The number of likely N-dealkylation sites (tertiary alicyclic amines) is 1. The number of benzene rings is 1. The first-order valence-electron chi connectivity index (χ1n) is 8.81. The number of carbonyl (C=O) groups excluding carboxylic acids is 1. The van der Waals surface area contributed by atoms with Gasteiger partial charge in [-0.15, -0.1) is 10.2 Å². The van der Waals surface area contributed by atoms with Crippen molar-refractivity contribution in [2.24, 2.45) is 5.41 Å². The van der Waals surface area contributed by atoms with Crippen LogP contribution in [0.2, 0.25) is 5.02 Å². The van der Waals surface area contributed by atoms with E-state index in [1.807, 2.05) is 27.7 Å². The van der Waals surface area contributed by atoms with Crippen LogP contribution in [0.1, 0.15) is 11.4 Å². The van der Waals surface area contributed by atoms with Crippen LogP contribution in [0.15, 0.2) is 18.2 Å². The Hall–Kier alpha value is -2.33. The highest BCUT2D eigenvalue weighted by Crippen LogP contribution is 2.43. The summed E-state index contributed by atoms with van der Waals surface area (Å²) in [5, 5.41) is 12.5. The summed E-state index contributed by atoms with van der Waals surface area (Å²) in [4.78, 5) is 14.2. The molecule has 7 nitrogen and oxygen atoms in total. The van der Waals surface area contributed by atoms with Gasteiger partial charge in [-0.2, -0.15) is 13.2 Å². The summed E-state index contributed by atoms with van der Waals surface area (Å²) in [6.07, 6.45) is -4.81. The molecule has 1 aromatic heterocycles. The van der Waals surface area contributed by atoms with Gasteiger partial charge in [0.2, 0.25) is 5.95 Å². The van der Waals surface area contributed by atoms with Gasteiger partial charge in [-0.05, 0) is 23.8 Å². The summed E-state index contributed by atoms with van der Waals surface area (Å²) in [6, 6.07) is 5.63. The van der Waals surface area contributed by atoms with E-state index in [1.54, 1.807) is 0 Å².